The van der Waals surface area contributed by atoms with Crippen molar-refractivity contribution < 1.29 is 0 Å². The van der Waals surface area contributed by atoms with E-state index >= 15 is 0 Å². The van der Waals surface area contributed by atoms with Crippen molar-refractivity contribution in [2.75, 3.05) is 5.73 Å². The molecule has 0 aliphatic rings. The van der Waals surface area contributed by atoms with Gasteiger partial charge in [-0.25, -0.2) is 9.97 Å². The van der Waals surface area contributed by atoms with Crippen LogP contribution in [0.3, 0.4) is 0 Å². The Morgan fingerprint density at radius 3 is 2.21 bits per heavy atom. The Bertz CT molecular complexity index is 623. The van der Waals surface area contributed by atoms with Gasteiger partial charge in [0.05, 0.1) is 17.1 Å². The molecule has 0 amide bonds. The Morgan fingerprint density at radius 2 is 1.58 bits per heavy atom. The van der Waals surface area contributed by atoms with E-state index in [1.807, 2.05) is 39.8 Å². The van der Waals surface area contributed by atoms with E-state index in [2.05, 4.69) is 26.3 Å². The maximum Gasteiger partial charge on any atom is 0.220 e. The van der Waals surface area contributed by atoms with Gasteiger partial charge in [0.1, 0.15) is 5.69 Å². The number of aryl methyl sites for hydroxylation is 4. The molecule has 98 valence electrons. The summed E-state index contributed by atoms with van der Waals surface area (Å²) < 4.78 is 0. The van der Waals surface area contributed by atoms with Crippen LogP contribution in [0, 0.1) is 27.7 Å². The highest BCUT2D eigenvalue weighted by atomic mass is 15.1. The summed E-state index contributed by atoms with van der Waals surface area (Å²) in [7, 11) is 0. The maximum atomic E-state index is 5.59. The van der Waals surface area contributed by atoms with Gasteiger partial charge in [-0.05, 0) is 44.9 Å². The zero-order valence-corrected chi connectivity index (χ0v) is 11.6. The van der Waals surface area contributed by atoms with Crippen molar-refractivity contribution in [3.8, 4) is 0 Å². The molecule has 1 aromatic carbocycles. The number of hydrogen-bond donors (Lipinski definition) is 1. The molecule has 19 heavy (non-hydrogen) atoms. The van der Waals surface area contributed by atoms with Gasteiger partial charge in [-0.2, -0.15) is 5.11 Å². The molecule has 2 aromatic rings. The third-order valence-electron chi connectivity index (χ3n) is 2.87. The fourth-order valence-corrected chi connectivity index (χ4v) is 1.81. The molecule has 0 aliphatic heterocycles. The molecule has 0 unspecified atom stereocenters. The van der Waals surface area contributed by atoms with Gasteiger partial charge in [0.25, 0.3) is 0 Å². The van der Waals surface area contributed by atoms with Crippen molar-refractivity contribution in [2.45, 2.75) is 27.7 Å². The number of nitrogen functional groups attached to an aromatic ring is 1. The molecule has 0 saturated carbocycles. The number of benzene rings is 1. The molecule has 0 atom stereocenters. The predicted octanol–water partition coefficient (Wildman–Crippen LogP) is 3.71. The summed E-state index contributed by atoms with van der Waals surface area (Å²) >= 11 is 0. The minimum Gasteiger partial charge on any atom is -0.368 e. The number of nitrogens with two attached hydrogens (primary N) is 1. The first-order valence-electron chi connectivity index (χ1n) is 6.07. The van der Waals surface area contributed by atoms with Crippen LogP contribution in [0.2, 0.25) is 0 Å². The van der Waals surface area contributed by atoms with Crippen molar-refractivity contribution in [1.29, 1.82) is 0 Å². The van der Waals surface area contributed by atoms with Crippen LogP contribution in [0.15, 0.2) is 28.4 Å². The number of hydrogen-bond acceptors (Lipinski definition) is 5. The summed E-state index contributed by atoms with van der Waals surface area (Å²) in [6.07, 6.45) is 0. The highest BCUT2D eigenvalue weighted by molar-refractivity contribution is 5.50. The smallest absolute Gasteiger partial charge is 0.220 e. The van der Waals surface area contributed by atoms with Crippen molar-refractivity contribution in [2.24, 2.45) is 10.2 Å². The van der Waals surface area contributed by atoms with Crippen LogP contribution in [0.5, 0.6) is 0 Å². The van der Waals surface area contributed by atoms with E-state index in [1.165, 1.54) is 0 Å². The van der Waals surface area contributed by atoms with E-state index in [9.17, 15) is 0 Å². The van der Waals surface area contributed by atoms with Gasteiger partial charge in [-0.15, -0.1) is 5.11 Å². The van der Waals surface area contributed by atoms with Gasteiger partial charge in [0.2, 0.25) is 5.95 Å². The number of nitrogens with zero attached hydrogens (tertiary/aromatic N) is 4. The maximum absolute atomic E-state index is 5.59. The quantitative estimate of drug-likeness (QED) is 0.831. The summed E-state index contributed by atoms with van der Waals surface area (Å²) in [5, 5.41) is 8.56. The Kier molecular flexibility index (Phi) is 3.55. The normalized spacial score (nSPS) is 11.2. The number of rotatable bonds is 2. The van der Waals surface area contributed by atoms with Crippen LogP contribution in [0.1, 0.15) is 22.5 Å². The highest BCUT2D eigenvalue weighted by Gasteiger charge is 2.06. The van der Waals surface area contributed by atoms with Crippen LogP contribution < -0.4 is 5.73 Å². The minimum absolute atomic E-state index is 0.265. The molecular weight excluding hydrogens is 238 g/mol. The van der Waals surface area contributed by atoms with Crippen molar-refractivity contribution in [3.63, 3.8) is 0 Å². The summed E-state index contributed by atoms with van der Waals surface area (Å²) in [6.45, 7) is 7.74. The van der Waals surface area contributed by atoms with E-state index < -0.39 is 0 Å². The van der Waals surface area contributed by atoms with E-state index in [1.54, 1.807) is 0 Å². The van der Waals surface area contributed by atoms with Gasteiger partial charge in [-0.3, -0.25) is 0 Å². The molecule has 5 heteroatoms. The van der Waals surface area contributed by atoms with Gasteiger partial charge >= 0.3 is 0 Å². The predicted molar refractivity (Wildman–Crippen MR) is 76.0 cm³/mol. The molecule has 5 nitrogen and oxygen atoms in total. The van der Waals surface area contributed by atoms with E-state index in [0.717, 1.165) is 28.2 Å². The first kappa shape index (κ1) is 13.1. The van der Waals surface area contributed by atoms with Crippen LogP contribution in [0.25, 0.3) is 0 Å². The standard InChI is InChI=1S/C14H17N5/c1-8-5-6-9(2)12(7-8)18-19-13-10(3)16-14(15)17-11(13)4/h5-7H,1-4H3,(H2,15,16,17). The molecule has 2 N–H and O–H groups in total. The fourth-order valence-electron chi connectivity index (χ4n) is 1.81. The number of anilines is 1. The Labute approximate surface area is 112 Å². The van der Waals surface area contributed by atoms with Crippen molar-refractivity contribution in [1.82, 2.24) is 9.97 Å². The van der Waals surface area contributed by atoms with Gasteiger partial charge in [-0.1, -0.05) is 12.1 Å². The largest absolute Gasteiger partial charge is 0.368 e. The van der Waals surface area contributed by atoms with Crippen LogP contribution in [-0.4, -0.2) is 9.97 Å². The molecular formula is C14H17N5. The second kappa shape index (κ2) is 5.14. The lowest BCUT2D eigenvalue weighted by atomic mass is 10.1. The Balaban J connectivity index is 2.41. The van der Waals surface area contributed by atoms with Crippen molar-refractivity contribution in [3.05, 3.63) is 40.7 Å². The second-order valence-electron chi connectivity index (χ2n) is 4.59. The molecule has 1 heterocycles. The van der Waals surface area contributed by atoms with Crippen molar-refractivity contribution >= 4 is 17.3 Å². The summed E-state index contributed by atoms with van der Waals surface area (Å²) in [5.41, 5.74) is 10.8. The molecule has 2 rings (SSSR count). The molecule has 0 bridgehead atoms. The molecule has 0 radical (unpaired) electrons. The number of azo groups is 1. The van der Waals surface area contributed by atoms with Crippen LogP contribution >= 0.6 is 0 Å². The fraction of sp³-hybridized carbons (Fsp3) is 0.286. The molecule has 1 aromatic heterocycles. The van der Waals surface area contributed by atoms with Gasteiger partial charge in [0.15, 0.2) is 0 Å². The topological polar surface area (TPSA) is 76.5 Å². The monoisotopic (exact) mass is 255 g/mol. The molecule has 0 spiro atoms. The van der Waals surface area contributed by atoms with Crippen LogP contribution in [-0.2, 0) is 0 Å². The van der Waals surface area contributed by atoms with Gasteiger partial charge < -0.3 is 5.73 Å². The highest BCUT2D eigenvalue weighted by Crippen LogP contribution is 2.26. The lowest BCUT2D eigenvalue weighted by molar-refractivity contribution is 1.04. The first-order chi connectivity index (χ1) is 8.97. The lowest BCUT2D eigenvalue weighted by Gasteiger charge is -2.04. The third-order valence-corrected chi connectivity index (χ3v) is 2.87. The second-order valence-corrected chi connectivity index (χ2v) is 4.59. The zero-order valence-electron chi connectivity index (χ0n) is 11.6. The summed E-state index contributed by atoms with van der Waals surface area (Å²) in [5.74, 6) is 0.265. The summed E-state index contributed by atoms with van der Waals surface area (Å²) in [6, 6.07) is 6.09. The lowest BCUT2D eigenvalue weighted by Crippen LogP contribution is -1.98. The van der Waals surface area contributed by atoms with Crippen LogP contribution in [0.4, 0.5) is 17.3 Å². The summed E-state index contributed by atoms with van der Waals surface area (Å²) in [4.78, 5) is 8.20. The zero-order chi connectivity index (χ0) is 14.0. The minimum atomic E-state index is 0.265. The Morgan fingerprint density at radius 1 is 0.947 bits per heavy atom. The average molecular weight is 255 g/mol. The van der Waals surface area contributed by atoms with E-state index in [0.29, 0.717) is 5.69 Å². The molecule has 0 saturated heterocycles. The SMILES string of the molecule is Cc1ccc(C)c(N=Nc2c(C)nc(N)nc2C)c1. The van der Waals surface area contributed by atoms with E-state index in [4.69, 9.17) is 5.73 Å². The van der Waals surface area contributed by atoms with E-state index in [-0.39, 0.29) is 5.95 Å². The third kappa shape index (κ3) is 2.93. The van der Waals surface area contributed by atoms with Gasteiger partial charge in [0, 0.05) is 0 Å². The Hall–Kier alpha value is -2.30. The molecule has 0 aliphatic carbocycles. The first-order valence-corrected chi connectivity index (χ1v) is 6.07. The average Bonchev–Trinajstić information content (AvgIpc) is 2.32. The molecule has 0 fully saturated rings. The number of aromatic nitrogens is 2.